The average Bonchev–Trinajstić information content (AvgIpc) is 3.19. The van der Waals surface area contributed by atoms with Crippen molar-refractivity contribution in [3.63, 3.8) is 0 Å². The maximum atomic E-state index is 12.7. The molecule has 0 spiro atoms. The number of rotatable bonds is 7. The van der Waals surface area contributed by atoms with Gasteiger partial charge in [-0.3, -0.25) is 19.6 Å². The molecule has 1 fully saturated rings. The Balaban J connectivity index is 1.50. The van der Waals surface area contributed by atoms with E-state index in [9.17, 15) is 9.59 Å². The Morgan fingerprint density at radius 3 is 2.61 bits per heavy atom. The first-order chi connectivity index (χ1) is 13.6. The lowest BCUT2D eigenvalue weighted by molar-refractivity contribution is -0.122. The Morgan fingerprint density at radius 2 is 1.93 bits per heavy atom. The van der Waals surface area contributed by atoms with E-state index in [1.165, 1.54) is 0 Å². The molecule has 0 radical (unpaired) electrons. The number of methoxy groups -OCH3 is 1. The molecule has 2 heterocycles. The SMILES string of the molecule is COCCNC(=O)CN1CCN(C(=O)c2cc(-c3ccc(Cl)cc3)n[nH]2)CC1. The van der Waals surface area contributed by atoms with E-state index >= 15 is 0 Å². The van der Waals surface area contributed by atoms with Gasteiger partial charge in [0.05, 0.1) is 18.8 Å². The third kappa shape index (κ3) is 5.31. The van der Waals surface area contributed by atoms with Gasteiger partial charge < -0.3 is 15.0 Å². The lowest BCUT2D eigenvalue weighted by atomic mass is 10.1. The summed E-state index contributed by atoms with van der Waals surface area (Å²) < 4.78 is 4.91. The fourth-order valence-electron chi connectivity index (χ4n) is 3.03. The second-order valence-electron chi connectivity index (χ2n) is 6.58. The number of ether oxygens (including phenoxy) is 1. The van der Waals surface area contributed by atoms with Crippen molar-refractivity contribution in [2.75, 3.05) is 53.0 Å². The van der Waals surface area contributed by atoms with Gasteiger partial charge in [0.2, 0.25) is 5.91 Å². The van der Waals surface area contributed by atoms with Gasteiger partial charge in [0, 0.05) is 50.4 Å². The summed E-state index contributed by atoms with van der Waals surface area (Å²) in [7, 11) is 1.60. The molecule has 1 saturated heterocycles. The van der Waals surface area contributed by atoms with E-state index < -0.39 is 0 Å². The standard InChI is InChI=1S/C19H24ClN5O3/c1-28-11-6-21-18(26)13-24-7-9-25(10-8-24)19(27)17-12-16(22-23-17)14-2-4-15(20)5-3-14/h2-5,12H,6-11,13H2,1H3,(H,21,26)(H,22,23). The second kappa shape index (κ2) is 9.68. The number of carbonyl (C=O) groups is 2. The maximum absolute atomic E-state index is 12.7. The van der Waals surface area contributed by atoms with E-state index in [0.29, 0.717) is 62.3 Å². The summed E-state index contributed by atoms with van der Waals surface area (Å²) in [5.74, 6) is -0.116. The van der Waals surface area contributed by atoms with Crippen LogP contribution in [0, 0.1) is 0 Å². The number of piperazine rings is 1. The molecule has 0 saturated carbocycles. The van der Waals surface area contributed by atoms with Crippen LogP contribution < -0.4 is 5.32 Å². The minimum Gasteiger partial charge on any atom is -0.383 e. The molecule has 28 heavy (non-hydrogen) atoms. The predicted octanol–water partition coefficient (Wildman–Crippen LogP) is 1.25. The Labute approximate surface area is 168 Å². The summed E-state index contributed by atoms with van der Waals surface area (Å²) in [6.07, 6.45) is 0. The molecule has 2 N–H and O–H groups in total. The molecule has 2 aromatic rings. The molecular formula is C19H24ClN5O3. The average molecular weight is 406 g/mol. The summed E-state index contributed by atoms with van der Waals surface area (Å²) in [6, 6.07) is 9.06. The molecule has 0 atom stereocenters. The molecular weight excluding hydrogens is 382 g/mol. The number of hydrogen-bond acceptors (Lipinski definition) is 5. The van der Waals surface area contributed by atoms with Gasteiger partial charge >= 0.3 is 0 Å². The van der Waals surface area contributed by atoms with Crippen LogP contribution in [0.4, 0.5) is 0 Å². The van der Waals surface area contributed by atoms with E-state index in [1.54, 1.807) is 30.2 Å². The summed E-state index contributed by atoms with van der Waals surface area (Å²) in [5.41, 5.74) is 2.05. The molecule has 3 rings (SSSR count). The summed E-state index contributed by atoms with van der Waals surface area (Å²) in [6.45, 7) is 3.78. The quantitative estimate of drug-likeness (QED) is 0.676. The molecule has 1 aliphatic rings. The van der Waals surface area contributed by atoms with Crippen molar-refractivity contribution in [2.45, 2.75) is 0 Å². The van der Waals surface area contributed by atoms with Crippen molar-refractivity contribution in [3.8, 4) is 11.3 Å². The molecule has 0 unspecified atom stereocenters. The van der Waals surface area contributed by atoms with Crippen molar-refractivity contribution in [2.24, 2.45) is 0 Å². The van der Waals surface area contributed by atoms with Gasteiger partial charge in [-0.2, -0.15) is 5.10 Å². The van der Waals surface area contributed by atoms with Crippen molar-refractivity contribution in [1.29, 1.82) is 0 Å². The smallest absolute Gasteiger partial charge is 0.271 e. The number of halogens is 1. The summed E-state index contributed by atoms with van der Waals surface area (Å²) >= 11 is 5.91. The van der Waals surface area contributed by atoms with Crippen molar-refractivity contribution < 1.29 is 14.3 Å². The Kier molecular flexibility index (Phi) is 7.02. The van der Waals surface area contributed by atoms with E-state index in [2.05, 4.69) is 15.5 Å². The minimum absolute atomic E-state index is 0.0296. The predicted molar refractivity (Wildman–Crippen MR) is 106 cm³/mol. The third-order valence-electron chi connectivity index (χ3n) is 4.60. The van der Waals surface area contributed by atoms with Crippen LogP contribution in [-0.4, -0.2) is 84.8 Å². The number of hydrogen-bond donors (Lipinski definition) is 2. The Morgan fingerprint density at radius 1 is 1.21 bits per heavy atom. The molecule has 0 aliphatic carbocycles. The molecule has 1 aromatic heterocycles. The highest BCUT2D eigenvalue weighted by atomic mass is 35.5. The zero-order valence-electron chi connectivity index (χ0n) is 15.8. The van der Waals surface area contributed by atoms with Crippen LogP contribution in [-0.2, 0) is 9.53 Å². The van der Waals surface area contributed by atoms with E-state index in [1.807, 2.05) is 17.0 Å². The normalized spacial score (nSPS) is 14.9. The van der Waals surface area contributed by atoms with Gasteiger partial charge in [-0.25, -0.2) is 0 Å². The molecule has 2 amide bonds. The van der Waals surface area contributed by atoms with Crippen LogP contribution >= 0.6 is 11.6 Å². The first-order valence-electron chi connectivity index (χ1n) is 9.15. The number of benzene rings is 1. The van der Waals surface area contributed by atoms with Gasteiger partial charge in [0.1, 0.15) is 5.69 Å². The van der Waals surface area contributed by atoms with E-state index in [4.69, 9.17) is 16.3 Å². The number of aromatic amines is 1. The van der Waals surface area contributed by atoms with Gasteiger partial charge in [-0.1, -0.05) is 23.7 Å². The number of aromatic nitrogens is 2. The zero-order valence-corrected chi connectivity index (χ0v) is 16.5. The van der Waals surface area contributed by atoms with E-state index in [0.717, 1.165) is 5.56 Å². The first-order valence-corrected chi connectivity index (χ1v) is 9.53. The number of H-pyrrole nitrogens is 1. The van der Waals surface area contributed by atoms with Crippen LogP contribution in [0.1, 0.15) is 10.5 Å². The third-order valence-corrected chi connectivity index (χ3v) is 4.86. The van der Waals surface area contributed by atoms with Crippen LogP contribution in [0.5, 0.6) is 0 Å². The molecule has 150 valence electrons. The van der Waals surface area contributed by atoms with Crippen molar-refractivity contribution >= 4 is 23.4 Å². The van der Waals surface area contributed by atoms with Crippen molar-refractivity contribution in [1.82, 2.24) is 25.3 Å². The number of nitrogens with zero attached hydrogens (tertiary/aromatic N) is 3. The summed E-state index contributed by atoms with van der Waals surface area (Å²) in [4.78, 5) is 28.4. The summed E-state index contributed by atoms with van der Waals surface area (Å²) in [5, 5.41) is 10.5. The fourth-order valence-corrected chi connectivity index (χ4v) is 3.16. The highest BCUT2D eigenvalue weighted by Crippen LogP contribution is 2.21. The van der Waals surface area contributed by atoms with Crippen molar-refractivity contribution in [3.05, 3.63) is 41.0 Å². The first kappa shape index (κ1) is 20.3. The topological polar surface area (TPSA) is 90.6 Å². The van der Waals surface area contributed by atoms with Crippen LogP contribution in [0.2, 0.25) is 5.02 Å². The lowest BCUT2D eigenvalue weighted by Crippen LogP contribution is -2.51. The largest absolute Gasteiger partial charge is 0.383 e. The van der Waals surface area contributed by atoms with Crippen LogP contribution in [0.15, 0.2) is 30.3 Å². The lowest BCUT2D eigenvalue weighted by Gasteiger charge is -2.34. The molecule has 0 bridgehead atoms. The molecule has 1 aliphatic heterocycles. The van der Waals surface area contributed by atoms with Crippen LogP contribution in [0.3, 0.4) is 0 Å². The Bertz CT molecular complexity index is 800. The van der Waals surface area contributed by atoms with Gasteiger partial charge in [-0.05, 0) is 18.2 Å². The van der Waals surface area contributed by atoms with Gasteiger partial charge in [-0.15, -0.1) is 0 Å². The second-order valence-corrected chi connectivity index (χ2v) is 7.02. The monoisotopic (exact) mass is 405 g/mol. The van der Waals surface area contributed by atoms with E-state index in [-0.39, 0.29) is 11.8 Å². The Hall–Kier alpha value is -2.42. The highest BCUT2D eigenvalue weighted by molar-refractivity contribution is 6.30. The fraction of sp³-hybridized carbons (Fsp3) is 0.421. The number of amides is 2. The molecule has 9 heteroatoms. The zero-order chi connectivity index (χ0) is 19.9. The minimum atomic E-state index is -0.0862. The number of carbonyl (C=O) groups excluding carboxylic acids is 2. The molecule has 1 aromatic carbocycles. The highest BCUT2D eigenvalue weighted by Gasteiger charge is 2.24. The van der Waals surface area contributed by atoms with Crippen LogP contribution in [0.25, 0.3) is 11.3 Å². The number of nitrogens with one attached hydrogen (secondary N) is 2. The van der Waals surface area contributed by atoms with Gasteiger partial charge in [0.25, 0.3) is 5.91 Å². The maximum Gasteiger partial charge on any atom is 0.271 e. The van der Waals surface area contributed by atoms with Gasteiger partial charge in [0.15, 0.2) is 0 Å². The molecule has 8 nitrogen and oxygen atoms in total.